The lowest BCUT2D eigenvalue weighted by Crippen LogP contribution is -2.28. The van der Waals surface area contributed by atoms with E-state index in [1.807, 2.05) is 38.1 Å². The van der Waals surface area contributed by atoms with Crippen LogP contribution in [-0.2, 0) is 27.9 Å². The van der Waals surface area contributed by atoms with Crippen LogP contribution in [0.2, 0.25) is 5.02 Å². The maximum Gasteiger partial charge on any atom is 0.265 e. The van der Waals surface area contributed by atoms with Crippen LogP contribution in [0.4, 0.5) is 5.69 Å². The van der Waals surface area contributed by atoms with Crippen molar-refractivity contribution in [1.82, 2.24) is 5.32 Å². The average Bonchev–Trinajstić information content (AvgIpc) is 2.81. The molecule has 1 N–H and O–H groups in total. The summed E-state index contributed by atoms with van der Waals surface area (Å²) < 4.78 is 33.2. The number of nitrogens with zero attached hydrogens (tertiary/aromatic N) is 1. The second-order valence-electron chi connectivity index (χ2n) is 7.76. The van der Waals surface area contributed by atoms with E-state index in [1.54, 1.807) is 30.3 Å². The summed E-state index contributed by atoms with van der Waals surface area (Å²) in [5, 5.41) is 2.90. The van der Waals surface area contributed by atoms with Gasteiger partial charge < -0.3 is 10.1 Å². The fourth-order valence-corrected chi connectivity index (χ4v) is 4.87. The molecule has 0 unspecified atom stereocenters. The third kappa shape index (κ3) is 6.13. The fourth-order valence-electron chi connectivity index (χ4n) is 3.17. The van der Waals surface area contributed by atoms with E-state index in [-0.39, 0.29) is 28.1 Å². The Morgan fingerprint density at radius 1 is 1.00 bits per heavy atom. The number of ether oxygens (including phenoxy) is 1. The molecule has 3 rings (SSSR count). The summed E-state index contributed by atoms with van der Waals surface area (Å²) in [5.41, 5.74) is 2.60. The van der Waals surface area contributed by atoms with Gasteiger partial charge in [-0.2, -0.15) is 0 Å². The van der Waals surface area contributed by atoms with Gasteiger partial charge in [0.05, 0.1) is 23.4 Å². The number of carbonyl (C=O) groups is 1. The number of nitrogens with one attached hydrogen (secondary N) is 1. The van der Waals surface area contributed by atoms with Gasteiger partial charge in [-0.05, 0) is 55.3 Å². The highest BCUT2D eigenvalue weighted by Gasteiger charge is 2.25. The van der Waals surface area contributed by atoms with Crippen molar-refractivity contribution in [3.05, 3.63) is 94.5 Å². The van der Waals surface area contributed by atoms with Crippen molar-refractivity contribution in [3.8, 4) is 0 Å². The number of amides is 1. The molecule has 1 amide bonds. The molecular formula is C25H27ClN2O4S. The van der Waals surface area contributed by atoms with Crippen LogP contribution in [-0.4, -0.2) is 27.5 Å². The largest absolute Gasteiger partial charge is 0.374 e. The van der Waals surface area contributed by atoms with Gasteiger partial charge in [0.1, 0.15) is 4.90 Å². The van der Waals surface area contributed by atoms with Gasteiger partial charge in [0.25, 0.3) is 15.9 Å². The first-order chi connectivity index (χ1) is 15.7. The van der Waals surface area contributed by atoms with Crippen molar-refractivity contribution in [1.29, 1.82) is 0 Å². The van der Waals surface area contributed by atoms with E-state index in [1.165, 1.54) is 25.2 Å². The van der Waals surface area contributed by atoms with Gasteiger partial charge in [-0.3, -0.25) is 9.10 Å². The number of benzene rings is 3. The minimum Gasteiger partial charge on any atom is -0.374 e. The Kier molecular flexibility index (Phi) is 8.13. The number of anilines is 1. The van der Waals surface area contributed by atoms with Crippen LogP contribution in [0.15, 0.2) is 77.7 Å². The molecule has 0 aliphatic heterocycles. The van der Waals surface area contributed by atoms with Crippen molar-refractivity contribution >= 4 is 33.2 Å². The number of para-hydroxylation sites is 1. The Labute approximate surface area is 200 Å². The highest BCUT2D eigenvalue weighted by molar-refractivity contribution is 7.93. The molecule has 0 atom stereocenters. The molecule has 0 saturated heterocycles. The first-order valence-electron chi connectivity index (χ1n) is 10.5. The van der Waals surface area contributed by atoms with Crippen molar-refractivity contribution in [3.63, 3.8) is 0 Å². The van der Waals surface area contributed by atoms with Gasteiger partial charge in [0, 0.05) is 19.2 Å². The number of hydrogen-bond donors (Lipinski definition) is 1. The van der Waals surface area contributed by atoms with Gasteiger partial charge in [-0.15, -0.1) is 0 Å². The zero-order chi connectivity index (χ0) is 24.0. The Morgan fingerprint density at radius 2 is 1.64 bits per heavy atom. The molecule has 174 valence electrons. The smallest absolute Gasteiger partial charge is 0.265 e. The maximum atomic E-state index is 13.2. The van der Waals surface area contributed by atoms with Crippen LogP contribution < -0.4 is 9.62 Å². The lowest BCUT2D eigenvalue weighted by molar-refractivity contribution is 0.0651. The molecule has 0 heterocycles. The quantitative estimate of drug-likeness (QED) is 0.460. The van der Waals surface area contributed by atoms with E-state index < -0.39 is 15.9 Å². The summed E-state index contributed by atoms with van der Waals surface area (Å²) in [5.74, 6) is -0.398. The fraction of sp³-hybridized carbons (Fsp3) is 0.240. The molecule has 6 nitrogen and oxygen atoms in total. The third-order valence-electron chi connectivity index (χ3n) is 5.08. The topological polar surface area (TPSA) is 75.7 Å². The van der Waals surface area contributed by atoms with E-state index in [9.17, 15) is 13.2 Å². The third-order valence-corrected chi connectivity index (χ3v) is 7.35. The number of sulfonamides is 1. The van der Waals surface area contributed by atoms with E-state index in [0.29, 0.717) is 12.3 Å². The number of carbonyl (C=O) groups excluding carboxylic acids is 1. The minimum atomic E-state index is -3.96. The summed E-state index contributed by atoms with van der Waals surface area (Å²) in [6.45, 7) is 4.65. The number of hydrogen-bond acceptors (Lipinski definition) is 4. The summed E-state index contributed by atoms with van der Waals surface area (Å²) in [6.07, 6.45) is 0.0936. The number of rotatable bonds is 9. The summed E-state index contributed by atoms with van der Waals surface area (Å²) in [4.78, 5) is 12.7. The molecule has 0 aromatic heterocycles. The zero-order valence-electron chi connectivity index (χ0n) is 18.8. The first-order valence-corrected chi connectivity index (χ1v) is 12.3. The van der Waals surface area contributed by atoms with Crippen LogP contribution >= 0.6 is 11.6 Å². The highest BCUT2D eigenvalue weighted by Crippen LogP contribution is 2.28. The van der Waals surface area contributed by atoms with E-state index in [0.717, 1.165) is 15.4 Å². The van der Waals surface area contributed by atoms with Gasteiger partial charge in [0.15, 0.2) is 0 Å². The molecule has 0 aliphatic rings. The molecule has 33 heavy (non-hydrogen) atoms. The summed E-state index contributed by atoms with van der Waals surface area (Å²) >= 11 is 6.22. The Balaban J connectivity index is 1.79. The van der Waals surface area contributed by atoms with Crippen molar-refractivity contribution in [2.45, 2.75) is 38.0 Å². The van der Waals surface area contributed by atoms with Crippen LogP contribution in [0, 0.1) is 0 Å². The van der Waals surface area contributed by atoms with Crippen molar-refractivity contribution in [2.75, 3.05) is 11.4 Å². The summed E-state index contributed by atoms with van der Waals surface area (Å²) in [6, 6.07) is 20.6. The molecule has 3 aromatic carbocycles. The SMILES string of the molecule is CC(C)OCc1ccccc1CNC(=O)c1ccc(Cl)c(S(=O)(=O)N(C)c2ccccc2)c1. The van der Waals surface area contributed by atoms with Gasteiger partial charge in [-0.1, -0.05) is 54.1 Å². The second kappa shape index (κ2) is 10.8. The monoisotopic (exact) mass is 486 g/mol. The molecule has 0 bridgehead atoms. The normalized spacial score (nSPS) is 11.4. The van der Waals surface area contributed by atoms with Crippen LogP contribution in [0.3, 0.4) is 0 Å². The predicted molar refractivity (Wildman–Crippen MR) is 131 cm³/mol. The minimum absolute atomic E-state index is 0.0468. The predicted octanol–water partition coefficient (Wildman–Crippen LogP) is 5.02. The molecular weight excluding hydrogens is 460 g/mol. The molecule has 3 aromatic rings. The zero-order valence-corrected chi connectivity index (χ0v) is 20.4. The lowest BCUT2D eigenvalue weighted by atomic mass is 10.1. The average molecular weight is 487 g/mol. The van der Waals surface area contributed by atoms with Gasteiger partial charge in [-0.25, -0.2) is 8.42 Å². The standard InChI is InChI=1S/C25H27ClN2O4S/c1-18(2)32-17-21-10-8-7-9-20(21)16-27-25(29)19-13-14-23(26)24(15-19)33(30,31)28(3)22-11-5-4-6-12-22/h4-15,18H,16-17H2,1-3H3,(H,27,29). The Morgan fingerprint density at radius 3 is 2.30 bits per heavy atom. The van der Waals surface area contributed by atoms with Gasteiger partial charge in [0.2, 0.25) is 0 Å². The van der Waals surface area contributed by atoms with E-state index in [2.05, 4.69) is 5.32 Å². The molecule has 0 radical (unpaired) electrons. The molecule has 0 spiro atoms. The number of halogens is 1. The van der Waals surface area contributed by atoms with Crippen molar-refractivity contribution in [2.24, 2.45) is 0 Å². The Hall–Kier alpha value is -2.87. The van der Waals surface area contributed by atoms with Crippen LogP contribution in [0.1, 0.15) is 35.3 Å². The first kappa shape index (κ1) is 24.8. The van der Waals surface area contributed by atoms with Crippen LogP contribution in [0.25, 0.3) is 0 Å². The highest BCUT2D eigenvalue weighted by atomic mass is 35.5. The van der Waals surface area contributed by atoms with E-state index in [4.69, 9.17) is 16.3 Å². The molecule has 0 aliphatic carbocycles. The molecule has 0 fully saturated rings. The Bertz CT molecular complexity index is 1210. The second-order valence-corrected chi connectivity index (χ2v) is 10.1. The maximum absolute atomic E-state index is 13.2. The van der Waals surface area contributed by atoms with E-state index >= 15 is 0 Å². The van der Waals surface area contributed by atoms with Crippen molar-refractivity contribution < 1.29 is 17.9 Å². The lowest BCUT2D eigenvalue weighted by Gasteiger charge is -2.20. The summed E-state index contributed by atoms with van der Waals surface area (Å²) in [7, 11) is -2.51. The van der Waals surface area contributed by atoms with Crippen LogP contribution in [0.5, 0.6) is 0 Å². The van der Waals surface area contributed by atoms with Gasteiger partial charge >= 0.3 is 0 Å². The molecule has 0 saturated carbocycles. The molecule has 8 heteroatoms.